The number of fused-ring (bicyclic) bond motifs is 1. The molecule has 3 heterocycles. The maximum absolute atomic E-state index is 13.2. The molecule has 2 aromatic carbocycles. The molecule has 0 aliphatic rings. The smallest absolute Gasteiger partial charge is 0.259 e. The summed E-state index contributed by atoms with van der Waals surface area (Å²) in [5.41, 5.74) is 4.80. The molecule has 0 aliphatic heterocycles. The third-order valence-electron chi connectivity index (χ3n) is 5.17. The summed E-state index contributed by atoms with van der Waals surface area (Å²) < 4.78 is 5.50. The summed E-state index contributed by atoms with van der Waals surface area (Å²) in [6.45, 7) is 1.88. The van der Waals surface area contributed by atoms with E-state index in [9.17, 15) is 4.79 Å². The standard InChI is InChI=1S/C25H18ClN5O2S/c1-14-11-18(17-5-3-4-6-21(17)33-2)19(12-27-14)23(32)31-25-30-22-24(34-25)29-20(13-28-22)15-7-9-16(26)10-8-15/h3-13H,1-2H3,(H,28,30,31,32). The van der Waals surface area contributed by atoms with Gasteiger partial charge in [-0.05, 0) is 31.2 Å². The number of halogens is 1. The summed E-state index contributed by atoms with van der Waals surface area (Å²) in [7, 11) is 1.60. The molecule has 0 radical (unpaired) electrons. The number of aryl methyl sites for hydroxylation is 1. The number of rotatable bonds is 5. The minimum absolute atomic E-state index is 0.328. The maximum Gasteiger partial charge on any atom is 0.259 e. The van der Waals surface area contributed by atoms with E-state index in [4.69, 9.17) is 16.3 Å². The topological polar surface area (TPSA) is 89.9 Å². The molecule has 0 unspecified atom stereocenters. The van der Waals surface area contributed by atoms with E-state index in [0.717, 1.165) is 22.4 Å². The average Bonchev–Trinajstić information content (AvgIpc) is 3.25. The SMILES string of the molecule is COc1ccccc1-c1cc(C)ncc1C(=O)Nc1nc2ncc(-c3ccc(Cl)cc3)nc2s1. The molecular weight excluding hydrogens is 470 g/mol. The molecule has 5 aromatic rings. The van der Waals surface area contributed by atoms with Gasteiger partial charge in [0.1, 0.15) is 5.75 Å². The number of ether oxygens (including phenoxy) is 1. The van der Waals surface area contributed by atoms with Gasteiger partial charge >= 0.3 is 0 Å². The van der Waals surface area contributed by atoms with Crippen molar-refractivity contribution in [3.8, 4) is 28.1 Å². The molecule has 1 N–H and O–H groups in total. The molecule has 3 aromatic heterocycles. The Morgan fingerprint density at radius 1 is 1.00 bits per heavy atom. The number of aromatic nitrogens is 4. The maximum atomic E-state index is 13.2. The van der Waals surface area contributed by atoms with E-state index in [0.29, 0.717) is 37.6 Å². The first-order chi connectivity index (χ1) is 16.5. The van der Waals surface area contributed by atoms with E-state index >= 15 is 0 Å². The Balaban J connectivity index is 1.47. The lowest BCUT2D eigenvalue weighted by Crippen LogP contribution is -2.14. The van der Waals surface area contributed by atoms with Gasteiger partial charge in [-0.15, -0.1) is 0 Å². The van der Waals surface area contributed by atoms with Gasteiger partial charge in [0, 0.05) is 33.6 Å². The van der Waals surface area contributed by atoms with Crippen molar-refractivity contribution >= 4 is 44.5 Å². The van der Waals surface area contributed by atoms with E-state index in [1.165, 1.54) is 11.3 Å². The highest BCUT2D eigenvalue weighted by Gasteiger charge is 2.19. The summed E-state index contributed by atoms with van der Waals surface area (Å²) in [6, 6.07) is 16.8. The number of carbonyl (C=O) groups is 1. The van der Waals surface area contributed by atoms with Crippen molar-refractivity contribution in [2.24, 2.45) is 0 Å². The minimum Gasteiger partial charge on any atom is -0.496 e. The zero-order chi connectivity index (χ0) is 23.7. The fourth-order valence-electron chi connectivity index (χ4n) is 3.53. The molecule has 0 atom stereocenters. The lowest BCUT2D eigenvalue weighted by molar-refractivity contribution is 0.102. The van der Waals surface area contributed by atoms with Crippen molar-refractivity contribution in [2.45, 2.75) is 6.92 Å². The van der Waals surface area contributed by atoms with Crippen LogP contribution in [0.4, 0.5) is 5.13 Å². The van der Waals surface area contributed by atoms with Gasteiger partial charge < -0.3 is 4.74 Å². The van der Waals surface area contributed by atoms with Crippen molar-refractivity contribution in [2.75, 3.05) is 12.4 Å². The lowest BCUT2D eigenvalue weighted by Gasteiger charge is -2.13. The second-order valence-electron chi connectivity index (χ2n) is 7.44. The van der Waals surface area contributed by atoms with Gasteiger partial charge in [-0.2, -0.15) is 4.98 Å². The lowest BCUT2D eigenvalue weighted by atomic mass is 9.99. The van der Waals surface area contributed by atoms with Crippen LogP contribution in [-0.2, 0) is 0 Å². The minimum atomic E-state index is -0.328. The molecule has 5 rings (SSSR count). The number of para-hydroxylation sites is 1. The van der Waals surface area contributed by atoms with E-state index in [2.05, 4.69) is 25.3 Å². The van der Waals surface area contributed by atoms with Crippen LogP contribution < -0.4 is 10.1 Å². The van der Waals surface area contributed by atoms with Crippen molar-refractivity contribution in [3.63, 3.8) is 0 Å². The number of anilines is 1. The molecule has 0 saturated carbocycles. The number of carbonyl (C=O) groups excluding carboxylic acids is 1. The Hall–Kier alpha value is -3.88. The van der Waals surface area contributed by atoms with Gasteiger partial charge in [0.15, 0.2) is 15.6 Å². The van der Waals surface area contributed by atoms with Crippen molar-refractivity contribution in [3.05, 3.63) is 83.3 Å². The van der Waals surface area contributed by atoms with Crippen molar-refractivity contribution < 1.29 is 9.53 Å². The third-order valence-corrected chi connectivity index (χ3v) is 6.27. The summed E-state index contributed by atoms with van der Waals surface area (Å²) in [5.74, 6) is 0.343. The largest absolute Gasteiger partial charge is 0.496 e. The summed E-state index contributed by atoms with van der Waals surface area (Å²) in [5, 5.41) is 3.93. The Labute approximate surface area is 204 Å². The third kappa shape index (κ3) is 4.33. The molecule has 9 heteroatoms. The quantitative estimate of drug-likeness (QED) is 0.325. The van der Waals surface area contributed by atoms with Gasteiger partial charge in [-0.1, -0.05) is 53.3 Å². The van der Waals surface area contributed by atoms with E-state index < -0.39 is 0 Å². The number of hydrogen-bond acceptors (Lipinski definition) is 7. The van der Waals surface area contributed by atoms with E-state index in [1.807, 2.05) is 49.4 Å². The molecule has 0 saturated heterocycles. The van der Waals surface area contributed by atoms with Gasteiger partial charge in [0.2, 0.25) is 0 Å². The van der Waals surface area contributed by atoms with Crippen LogP contribution >= 0.6 is 22.9 Å². The normalized spacial score (nSPS) is 10.9. The fraction of sp³-hybridized carbons (Fsp3) is 0.0800. The molecule has 168 valence electrons. The summed E-state index contributed by atoms with van der Waals surface area (Å²) in [6.07, 6.45) is 3.22. The number of thiazole rings is 1. The monoisotopic (exact) mass is 487 g/mol. The zero-order valence-electron chi connectivity index (χ0n) is 18.2. The number of nitrogens with one attached hydrogen (secondary N) is 1. The van der Waals surface area contributed by atoms with Crippen LogP contribution in [0.5, 0.6) is 5.75 Å². The number of benzene rings is 2. The van der Waals surface area contributed by atoms with Gasteiger partial charge in [0.25, 0.3) is 5.91 Å². The zero-order valence-corrected chi connectivity index (χ0v) is 19.8. The number of hydrogen-bond donors (Lipinski definition) is 1. The van der Waals surface area contributed by atoms with Crippen LogP contribution in [0, 0.1) is 6.92 Å². The molecule has 0 bridgehead atoms. The first kappa shape index (κ1) is 21.9. The Morgan fingerprint density at radius 2 is 1.79 bits per heavy atom. The molecule has 0 fully saturated rings. The van der Waals surface area contributed by atoms with Crippen molar-refractivity contribution in [1.82, 2.24) is 19.9 Å². The Morgan fingerprint density at radius 3 is 2.59 bits per heavy atom. The van der Waals surface area contributed by atoms with Gasteiger partial charge in [0.05, 0.1) is 24.6 Å². The summed E-state index contributed by atoms with van der Waals surface area (Å²) >= 11 is 7.23. The van der Waals surface area contributed by atoms with Crippen LogP contribution in [0.25, 0.3) is 32.9 Å². The van der Waals surface area contributed by atoms with Gasteiger partial charge in [-0.25, -0.2) is 9.97 Å². The Bertz CT molecular complexity index is 1520. The average molecular weight is 488 g/mol. The van der Waals surface area contributed by atoms with E-state index in [1.54, 1.807) is 31.6 Å². The molecule has 0 aliphatic carbocycles. The highest BCUT2D eigenvalue weighted by atomic mass is 35.5. The molecular formula is C25H18ClN5O2S. The summed E-state index contributed by atoms with van der Waals surface area (Å²) in [4.78, 5) is 31.7. The highest BCUT2D eigenvalue weighted by molar-refractivity contribution is 7.21. The first-order valence-electron chi connectivity index (χ1n) is 10.3. The fourth-order valence-corrected chi connectivity index (χ4v) is 4.45. The van der Waals surface area contributed by atoms with Crippen LogP contribution in [0.1, 0.15) is 16.1 Å². The van der Waals surface area contributed by atoms with Gasteiger partial charge in [-0.3, -0.25) is 15.1 Å². The first-order valence-corrected chi connectivity index (χ1v) is 11.5. The number of pyridine rings is 1. The van der Waals surface area contributed by atoms with Crippen LogP contribution in [0.15, 0.2) is 67.0 Å². The van der Waals surface area contributed by atoms with E-state index in [-0.39, 0.29) is 5.91 Å². The molecule has 0 spiro atoms. The predicted molar refractivity (Wildman–Crippen MR) is 135 cm³/mol. The van der Waals surface area contributed by atoms with Crippen LogP contribution in [-0.4, -0.2) is 33.0 Å². The van der Waals surface area contributed by atoms with Crippen LogP contribution in [0.2, 0.25) is 5.02 Å². The number of nitrogens with zero attached hydrogens (tertiary/aromatic N) is 4. The number of amides is 1. The number of methoxy groups -OCH3 is 1. The second-order valence-corrected chi connectivity index (χ2v) is 8.85. The second kappa shape index (κ2) is 9.17. The molecule has 1 amide bonds. The predicted octanol–water partition coefficient (Wildman–Crippen LogP) is 6.04. The van der Waals surface area contributed by atoms with Crippen LogP contribution in [0.3, 0.4) is 0 Å². The molecule has 7 nitrogen and oxygen atoms in total. The Kier molecular flexibility index (Phi) is 5.91. The van der Waals surface area contributed by atoms with Crippen molar-refractivity contribution in [1.29, 1.82) is 0 Å². The molecule has 34 heavy (non-hydrogen) atoms. The highest BCUT2D eigenvalue weighted by Crippen LogP contribution is 2.33.